The minimum atomic E-state index is -0.187. The van der Waals surface area contributed by atoms with Crippen LogP contribution in [0.15, 0.2) is 60.7 Å². The van der Waals surface area contributed by atoms with Crippen LogP contribution in [-0.2, 0) is 4.79 Å². The first kappa shape index (κ1) is 14.8. The third-order valence-corrected chi connectivity index (χ3v) is 3.10. The molecule has 0 aliphatic carbocycles. The van der Waals surface area contributed by atoms with Crippen LogP contribution in [0, 0.1) is 11.3 Å². The monoisotopic (exact) mass is 279 g/mol. The van der Waals surface area contributed by atoms with Gasteiger partial charge in [0.25, 0.3) is 0 Å². The minimum absolute atomic E-state index is 0.0296. The van der Waals surface area contributed by atoms with E-state index in [0.717, 1.165) is 11.1 Å². The molecule has 4 nitrogen and oxygen atoms in total. The van der Waals surface area contributed by atoms with Gasteiger partial charge in [0.1, 0.15) is 6.54 Å². The van der Waals surface area contributed by atoms with Crippen molar-refractivity contribution in [3.8, 4) is 6.07 Å². The van der Waals surface area contributed by atoms with Gasteiger partial charge < -0.3 is 5.32 Å². The van der Waals surface area contributed by atoms with Crippen molar-refractivity contribution in [2.75, 3.05) is 13.1 Å². The summed E-state index contributed by atoms with van der Waals surface area (Å²) in [6, 6.07) is 21.8. The Hall–Kier alpha value is -2.64. The molecule has 0 fully saturated rings. The maximum Gasteiger partial charge on any atom is 0.234 e. The molecule has 0 aliphatic heterocycles. The number of carbonyl (C=O) groups excluding carboxylic acids is 1. The molecule has 0 saturated heterocycles. The fourth-order valence-electron chi connectivity index (χ4n) is 2.11. The molecule has 0 radical (unpaired) electrons. The molecule has 0 aromatic heterocycles. The van der Waals surface area contributed by atoms with E-state index >= 15 is 0 Å². The van der Waals surface area contributed by atoms with Crippen LogP contribution in [0.3, 0.4) is 0 Å². The summed E-state index contributed by atoms with van der Waals surface area (Å²) in [5.41, 5.74) is 2.19. The van der Waals surface area contributed by atoms with Gasteiger partial charge in [-0.2, -0.15) is 5.26 Å². The van der Waals surface area contributed by atoms with Gasteiger partial charge in [-0.25, -0.2) is 0 Å². The molecule has 0 spiro atoms. The van der Waals surface area contributed by atoms with Crippen molar-refractivity contribution in [2.24, 2.45) is 0 Å². The summed E-state index contributed by atoms with van der Waals surface area (Å²) < 4.78 is 0. The molecular formula is C17H17N3O. The number of rotatable bonds is 6. The minimum Gasteiger partial charge on any atom is -0.342 e. The van der Waals surface area contributed by atoms with Gasteiger partial charge in [0.15, 0.2) is 0 Å². The van der Waals surface area contributed by atoms with E-state index < -0.39 is 0 Å². The smallest absolute Gasteiger partial charge is 0.234 e. The first-order valence-corrected chi connectivity index (χ1v) is 6.78. The molecule has 1 amide bonds. The zero-order valence-corrected chi connectivity index (χ0v) is 11.6. The molecule has 0 saturated carbocycles. The van der Waals surface area contributed by atoms with Gasteiger partial charge >= 0.3 is 0 Å². The van der Waals surface area contributed by atoms with Crippen molar-refractivity contribution >= 4 is 5.91 Å². The predicted octanol–water partition coefficient (Wildman–Crippen LogP) is 2.01. The SMILES string of the molecule is N#CCNC(=O)CNC(c1ccccc1)c1ccccc1. The standard InChI is InChI=1S/C17H17N3O/c18-11-12-19-16(21)13-20-17(14-7-3-1-4-8-14)15-9-5-2-6-10-15/h1-10,17,20H,12-13H2,(H,19,21). The van der Waals surface area contributed by atoms with Crippen molar-refractivity contribution in [3.63, 3.8) is 0 Å². The number of nitrogens with zero attached hydrogens (tertiary/aromatic N) is 1. The Bertz CT molecular complexity index is 565. The number of hydrogen-bond donors (Lipinski definition) is 2. The first-order valence-electron chi connectivity index (χ1n) is 6.78. The second kappa shape index (κ2) is 7.83. The van der Waals surface area contributed by atoms with Gasteiger partial charge in [-0.15, -0.1) is 0 Å². The number of benzene rings is 2. The topological polar surface area (TPSA) is 64.9 Å². The summed E-state index contributed by atoms with van der Waals surface area (Å²) in [7, 11) is 0. The second-order valence-corrected chi connectivity index (χ2v) is 4.57. The van der Waals surface area contributed by atoms with Gasteiger partial charge in [-0.3, -0.25) is 10.1 Å². The van der Waals surface area contributed by atoms with Crippen LogP contribution in [0.2, 0.25) is 0 Å². The average Bonchev–Trinajstić information content (AvgIpc) is 2.55. The lowest BCUT2D eigenvalue weighted by Crippen LogP contribution is -2.36. The summed E-state index contributed by atoms with van der Waals surface area (Å²) in [5.74, 6) is -0.187. The molecule has 0 aliphatic rings. The summed E-state index contributed by atoms with van der Waals surface area (Å²) in [5, 5.41) is 14.2. The zero-order chi connectivity index (χ0) is 14.9. The van der Waals surface area contributed by atoms with Crippen molar-refractivity contribution in [1.82, 2.24) is 10.6 Å². The largest absolute Gasteiger partial charge is 0.342 e. The Balaban J connectivity index is 2.11. The Kier molecular flexibility index (Phi) is 5.50. The molecule has 2 N–H and O–H groups in total. The lowest BCUT2D eigenvalue weighted by molar-refractivity contribution is -0.120. The van der Waals surface area contributed by atoms with Crippen LogP contribution < -0.4 is 10.6 Å². The van der Waals surface area contributed by atoms with Crippen molar-refractivity contribution < 1.29 is 4.79 Å². The third-order valence-electron chi connectivity index (χ3n) is 3.10. The zero-order valence-electron chi connectivity index (χ0n) is 11.6. The molecular weight excluding hydrogens is 262 g/mol. The predicted molar refractivity (Wildman–Crippen MR) is 81.4 cm³/mol. The number of hydrogen-bond acceptors (Lipinski definition) is 3. The van der Waals surface area contributed by atoms with Crippen LogP contribution in [0.1, 0.15) is 17.2 Å². The molecule has 4 heteroatoms. The maximum absolute atomic E-state index is 11.6. The second-order valence-electron chi connectivity index (χ2n) is 4.57. The average molecular weight is 279 g/mol. The lowest BCUT2D eigenvalue weighted by atomic mass is 9.99. The molecule has 2 aromatic carbocycles. The van der Waals surface area contributed by atoms with Gasteiger partial charge in [-0.1, -0.05) is 60.7 Å². The van der Waals surface area contributed by atoms with Crippen LogP contribution in [0.5, 0.6) is 0 Å². The molecule has 106 valence electrons. The molecule has 0 unspecified atom stereocenters. The summed E-state index contributed by atoms with van der Waals surface area (Å²) in [6.45, 7) is 0.192. The van der Waals surface area contributed by atoms with Crippen molar-refractivity contribution in [1.29, 1.82) is 5.26 Å². The fraction of sp³-hybridized carbons (Fsp3) is 0.176. The molecule has 2 aromatic rings. The lowest BCUT2D eigenvalue weighted by Gasteiger charge is -2.19. The first-order chi connectivity index (χ1) is 10.3. The maximum atomic E-state index is 11.6. The third kappa shape index (κ3) is 4.44. The highest BCUT2D eigenvalue weighted by Crippen LogP contribution is 2.21. The Morgan fingerprint density at radius 2 is 1.52 bits per heavy atom. The van der Waals surface area contributed by atoms with Crippen LogP contribution >= 0.6 is 0 Å². The Morgan fingerprint density at radius 3 is 2.00 bits per heavy atom. The van der Waals surface area contributed by atoms with Crippen molar-refractivity contribution in [3.05, 3.63) is 71.8 Å². The van der Waals surface area contributed by atoms with E-state index in [9.17, 15) is 4.79 Å². The number of carbonyl (C=O) groups is 1. The number of nitrogens with one attached hydrogen (secondary N) is 2. The van der Waals surface area contributed by atoms with Crippen LogP contribution in [0.25, 0.3) is 0 Å². The molecule has 0 bridgehead atoms. The van der Waals surface area contributed by atoms with E-state index in [1.54, 1.807) is 0 Å². The quantitative estimate of drug-likeness (QED) is 0.795. The number of nitriles is 1. The summed E-state index contributed by atoms with van der Waals surface area (Å²) in [4.78, 5) is 11.6. The fourth-order valence-corrected chi connectivity index (χ4v) is 2.11. The highest BCUT2D eigenvalue weighted by Gasteiger charge is 2.14. The van der Waals surface area contributed by atoms with Gasteiger partial charge in [0.2, 0.25) is 5.91 Å². The molecule has 0 heterocycles. The van der Waals surface area contributed by atoms with Gasteiger partial charge in [0, 0.05) is 0 Å². The highest BCUT2D eigenvalue weighted by atomic mass is 16.1. The molecule has 0 atom stereocenters. The normalized spacial score (nSPS) is 10.1. The van der Waals surface area contributed by atoms with E-state index in [1.165, 1.54) is 0 Å². The van der Waals surface area contributed by atoms with Crippen LogP contribution in [0.4, 0.5) is 0 Å². The molecule has 21 heavy (non-hydrogen) atoms. The molecule has 2 rings (SSSR count). The Morgan fingerprint density at radius 1 is 1.00 bits per heavy atom. The van der Waals surface area contributed by atoms with Crippen LogP contribution in [-0.4, -0.2) is 19.0 Å². The van der Waals surface area contributed by atoms with E-state index in [4.69, 9.17) is 5.26 Å². The summed E-state index contributed by atoms with van der Waals surface area (Å²) in [6.07, 6.45) is 0. The number of amides is 1. The van der Waals surface area contributed by atoms with Crippen molar-refractivity contribution in [2.45, 2.75) is 6.04 Å². The Labute approximate surface area is 124 Å². The highest BCUT2D eigenvalue weighted by molar-refractivity contribution is 5.78. The van der Waals surface area contributed by atoms with E-state index in [-0.39, 0.29) is 25.0 Å². The van der Waals surface area contributed by atoms with E-state index in [1.807, 2.05) is 66.7 Å². The summed E-state index contributed by atoms with van der Waals surface area (Å²) >= 11 is 0. The van der Waals surface area contributed by atoms with E-state index in [2.05, 4.69) is 10.6 Å². The van der Waals surface area contributed by atoms with E-state index in [0.29, 0.717) is 0 Å². The van der Waals surface area contributed by atoms with Gasteiger partial charge in [-0.05, 0) is 11.1 Å². The van der Waals surface area contributed by atoms with Gasteiger partial charge in [0.05, 0.1) is 18.7 Å².